The van der Waals surface area contributed by atoms with Gasteiger partial charge in [0.25, 0.3) is 0 Å². The van der Waals surface area contributed by atoms with Crippen molar-refractivity contribution in [3.05, 3.63) is 11.1 Å². The Morgan fingerprint density at radius 2 is 1.83 bits per heavy atom. The monoisotopic (exact) mass is 164 g/mol. The van der Waals surface area contributed by atoms with Crippen molar-refractivity contribution in [2.75, 3.05) is 0 Å². The second-order valence-corrected chi connectivity index (χ2v) is 4.73. The first-order valence-electron chi connectivity index (χ1n) is 5.45. The molecule has 12 heavy (non-hydrogen) atoms. The minimum atomic E-state index is 0.951. The summed E-state index contributed by atoms with van der Waals surface area (Å²) in [6.07, 6.45) is 5.64. The van der Waals surface area contributed by atoms with E-state index < -0.39 is 0 Å². The Hall–Kier alpha value is -0.260. The molecule has 0 heteroatoms. The van der Waals surface area contributed by atoms with Crippen molar-refractivity contribution in [2.45, 2.75) is 46.5 Å². The van der Waals surface area contributed by atoms with Crippen LogP contribution in [0.15, 0.2) is 11.1 Å². The molecule has 2 rings (SSSR count). The van der Waals surface area contributed by atoms with Crippen LogP contribution in [0.2, 0.25) is 0 Å². The fraction of sp³-hybridized carbons (Fsp3) is 0.833. The van der Waals surface area contributed by atoms with Gasteiger partial charge < -0.3 is 0 Å². The molecule has 0 bridgehead atoms. The van der Waals surface area contributed by atoms with E-state index in [0.29, 0.717) is 0 Å². The highest BCUT2D eigenvalue weighted by Crippen LogP contribution is 2.52. The minimum Gasteiger partial charge on any atom is -0.0670 e. The topological polar surface area (TPSA) is 0 Å². The van der Waals surface area contributed by atoms with E-state index in [1.807, 2.05) is 11.1 Å². The lowest BCUT2D eigenvalue weighted by atomic mass is 9.67. The lowest BCUT2D eigenvalue weighted by molar-refractivity contribution is 0.279. The zero-order valence-corrected chi connectivity index (χ0v) is 8.56. The zero-order chi connectivity index (χ0) is 8.72. The van der Waals surface area contributed by atoms with Crippen molar-refractivity contribution in [2.24, 2.45) is 17.8 Å². The standard InChI is InChI=1S/C12H20/c1-4-5-10-8(2)7-12(10)11-6-9(11)3/h8-10H,4-7H2,1-3H3. The Balaban J connectivity index is 2.01. The van der Waals surface area contributed by atoms with Crippen LogP contribution >= 0.6 is 0 Å². The molecule has 2 aliphatic rings. The van der Waals surface area contributed by atoms with Crippen LogP contribution < -0.4 is 0 Å². The SMILES string of the molecule is CCCC1C(=C2CC2C)CC1C. The lowest BCUT2D eigenvalue weighted by Gasteiger charge is -2.38. The number of hydrogen-bond donors (Lipinski definition) is 0. The number of allylic oxidation sites excluding steroid dienone is 2. The third kappa shape index (κ3) is 1.22. The summed E-state index contributed by atoms with van der Waals surface area (Å²) >= 11 is 0. The van der Waals surface area contributed by atoms with Crippen LogP contribution in [-0.2, 0) is 0 Å². The molecule has 0 N–H and O–H groups in total. The molecule has 0 aromatic carbocycles. The normalized spacial score (nSPS) is 45.8. The van der Waals surface area contributed by atoms with Gasteiger partial charge in [-0.15, -0.1) is 0 Å². The Morgan fingerprint density at radius 1 is 1.17 bits per heavy atom. The molecule has 2 fully saturated rings. The van der Waals surface area contributed by atoms with Gasteiger partial charge in [0.05, 0.1) is 0 Å². The molecule has 0 aromatic heterocycles. The highest BCUT2D eigenvalue weighted by Gasteiger charge is 2.39. The Morgan fingerprint density at radius 3 is 2.25 bits per heavy atom. The molecular weight excluding hydrogens is 144 g/mol. The smallest absolute Gasteiger partial charge is 0.0172 e. The van der Waals surface area contributed by atoms with Crippen molar-refractivity contribution in [3.8, 4) is 0 Å². The van der Waals surface area contributed by atoms with Gasteiger partial charge in [-0.05, 0) is 37.0 Å². The second kappa shape index (κ2) is 2.90. The van der Waals surface area contributed by atoms with E-state index in [4.69, 9.17) is 0 Å². The van der Waals surface area contributed by atoms with Gasteiger partial charge in [0.1, 0.15) is 0 Å². The molecular formula is C12H20. The summed E-state index contributed by atoms with van der Waals surface area (Å²) in [7, 11) is 0. The predicted octanol–water partition coefficient (Wildman–Crippen LogP) is 3.78. The summed E-state index contributed by atoms with van der Waals surface area (Å²) in [6.45, 7) is 7.09. The van der Waals surface area contributed by atoms with Gasteiger partial charge in [-0.3, -0.25) is 0 Å². The van der Waals surface area contributed by atoms with Crippen LogP contribution in [-0.4, -0.2) is 0 Å². The Bertz CT molecular complexity index is 212. The molecule has 3 atom stereocenters. The van der Waals surface area contributed by atoms with E-state index in [2.05, 4.69) is 20.8 Å². The van der Waals surface area contributed by atoms with Crippen molar-refractivity contribution < 1.29 is 0 Å². The van der Waals surface area contributed by atoms with Crippen LogP contribution in [0.25, 0.3) is 0 Å². The summed E-state index contributed by atoms with van der Waals surface area (Å²) in [5, 5.41) is 0. The first kappa shape index (κ1) is 8.34. The molecule has 0 saturated heterocycles. The van der Waals surface area contributed by atoms with Crippen molar-refractivity contribution >= 4 is 0 Å². The van der Waals surface area contributed by atoms with E-state index in [1.165, 1.54) is 25.7 Å². The molecule has 3 unspecified atom stereocenters. The van der Waals surface area contributed by atoms with Gasteiger partial charge in [-0.1, -0.05) is 38.3 Å². The second-order valence-electron chi connectivity index (χ2n) is 4.73. The quantitative estimate of drug-likeness (QED) is 0.545. The van der Waals surface area contributed by atoms with Crippen molar-refractivity contribution in [1.82, 2.24) is 0 Å². The predicted molar refractivity (Wildman–Crippen MR) is 53.0 cm³/mol. The molecule has 0 heterocycles. The maximum absolute atomic E-state index is 2.41. The summed E-state index contributed by atoms with van der Waals surface area (Å²) in [6, 6.07) is 0. The molecule has 2 aliphatic carbocycles. The Kier molecular flexibility index (Phi) is 2.02. The first-order valence-corrected chi connectivity index (χ1v) is 5.45. The highest BCUT2D eigenvalue weighted by atomic mass is 14.4. The minimum absolute atomic E-state index is 0.951. The molecule has 2 saturated carbocycles. The summed E-state index contributed by atoms with van der Waals surface area (Å²) in [5.74, 6) is 2.92. The van der Waals surface area contributed by atoms with Gasteiger partial charge in [0, 0.05) is 0 Å². The maximum atomic E-state index is 2.41. The zero-order valence-electron chi connectivity index (χ0n) is 8.56. The van der Waals surface area contributed by atoms with E-state index in [9.17, 15) is 0 Å². The lowest BCUT2D eigenvalue weighted by Crippen LogP contribution is -2.26. The average Bonchev–Trinajstić information content (AvgIpc) is 2.73. The first-order chi connectivity index (χ1) is 5.74. The molecule has 0 radical (unpaired) electrons. The number of rotatable bonds is 2. The average molecular weight is 164 g/mol. The van der Waals surface area contributed by atoms with Gasteiger partial charge in [-0.2, -0.15) is 0 Å². The van der Waals surface area contributed by atoms with E-state index >= 15 is 0 Å². The molecule has 0 amide bonds. The van der Waals surface area contributed by atoms with Gasteiger partial charge >= 0.3 is 0 Å². The van der Waals surface area contributed by atoms with E-state index in [-0.39, 0.29) is 0 Å². The van der Waals surface area contributed by atoms with Crippen LogP contribution in [0.1, 0.15) is 46.5 Å². The van der Waals surface area contributed by atoms with Crippen LogP contribution in [0.4, 0.5) is 0 Å². The summed E-state index contributed by atoms with van der Waals surface area (Å²) < 4.78 is 0. The van der Waals surface area contributed by atoms with Gasteiger partial charge in [0.15, 0.2) is 0 Å². The fourth-order valence-electron chi connectivity index (χ4n) is 2.68. The third-order valence-electron chi connectivity index (χ3n) is 3.65. The third-order valence-corrected chi connectivity index (χ3v) is 3.65. The van der Waals surface area contributed by atoms with Crippen molar-refractivity contribution in [3.63, 3.8) is 0 Å². The largest absolute Gasteiger partial charge is 0.0670 e. The van der Waals surface area contributed by atoms with E-state index in [1.54, 1.807) is 0 Å². The van der Waals surface area contributed by atoms with Crippen LogP contribution in [0, 0.1) is 17.8 Å². The highest BCUT2D eigenvalue weighted by molar-refractivity contribution is 5.35. The maximum Gasteiger partial charge on any atom is -0.0172 e. The number of hydrogen-bond acceptors (Lipinski definition) is 0. The summed E-state index contributed by atoms with van der Waals surface area (Å²) in [5.41, 5.74) is 3.68. The molecule has 0 aromatic rings. The molecule has 0 spiro atoms. The molecule has 0 aliphatic heterocycles. The van der Waals surface area contributed by atoms with Crippen molar-refractivity contribution in [1.29, 1.82) is 0 Å². The van der Waals surface area contributed by atoms with Gasteiger partial charge in [-0.25, -0.2) is 0 Å². The molecule has 0 nitrogen and oxygen atoms in total. The Labute approximate surface area is 76.1 Å². The van der Waals surface area contributed by atoms with Gasteiger partial charge in [0.2, 0.25) is 0 Å². The van der Waals surface area contributed by atoms with E-state index in [0.717, 1.165) is 17.8 Å². The fourth-order valence-corrected chi connectivity index (χ4v) is 2.68. The van der Waals surface area contributed by atoms with Crippen LogP contribution in [0.5, 0.6) is 0 Å². The summed E-state index contributed by atoms with van der Waals surface area (Å²) in [4.78, 5) is 0. The van der Waals surface area contributed by atoms with Crippen LogP contribution in [0.3, 0.4) is 0 Å². The molecule has 68 valence electrons.